The van der Waals surface area contributed by atoms with Crippen LogP contribution in [0, 0.1) is 0 Å². The molecule has 1 aromatic rings. The average Bonchev–Trinajstić information content (AvgIpc) is 2.80. The lowest BCUT2D eigenvalue weighted by Crippen LogP contribution is -2.18. The summed E-state index contributed by atoms with van der Waals surface area (Å²) in [4.78, 5) is 11.3. The van der Waals surface area contributed by atoms with E-state index in [1.54, 1.807) is 12.1 Å². The average molecular weight is 234 g/mol. The van der Waals surface area contributed by atoms with Gasteiger partial charge in [0.1, 0.15) is 0 Å². The topological polar surface area (TPSA) is 64.3 Å². The van der Waals surface area contributed by atoms with Gasteiger partial charge in [-0.15, -0.1) is 0 Å². The van der Waals surface area contributed by atoms with Crippen molar-refractivity contribution >= 4 is 17.2 Å². The summed E-state index contributed by atoms with van der Waals surface area (Å²) in [5.41, 5.74) is 7.75. The number of carbonyl (C=O) groups excluding carboxylic acids is 1. The molecule has 1 aromatic carbocycles. The summed E-state index contributed by atoms with van der Waals surface area (Å²) < 4.78 is 5.52. The highest BCUT2D eigenvalue weighted by atomic mass is 16.5. The van der Waals surface area contributed by atoms with Crippen LogP contribution in [-0.4, -0.2) is 25.0 Å². The fourth-order valence-electron chi connectivity index (χ4n) is 2.01. The normalized spacial score (nSPS) is 19.2. The van der Waals surface area contributed by atoms with Gasteiger partial charge >= 0.3 is 0 Å². The van der Waals surface area contributed by atoms with Gasteiger partial charge in [0.15, 0.2) is 5.78 Å². The molecule has 0 spiro atoms. The van der Waals surface area contributed by atoms with Crippen molar-refractivity contribution in [1.82, 2.24) is 0 Å². The zero-order valence-electron chi connectivity index (χ0n) is 10.0. The highest BCUT2D eigenvalue weighted by Gasteiger charge is 2.15. The summed E-state index contributed by atoms with van der Waals surface area (Å²) in [6.45, 7) is 3.16. The molecule has 1 fully saturated rings. The monoisotopic (exact) mass is 234 g/mol. The first-order valence-electron chi connectivity index (χ1n) is 5.93. The Morgan fingerprint density at radius 1 is 1.59 bits per heavy atom. The fraction of sp³-hybridized carbons (Fsp3) is 0.462. The lowest BCUT2D eigenvalue weighted by Gasteiger charge is -2.13. The van der Waals surface area contributed by atoms with E-state index in [2.05, 4.69) is 5.32 Å². The van der Waals surface area contributed by atoms with Crippen LogP contribution in [-0.2, 0) is 4.74 Å². The van der Waals surface area contributed by atoms with E-state index in [-0.39, 0.29) is 11.9 Å². The summed E-state index contributed by atoms with van der Waals surface area (Å²) >= 11 is 0. The van der Waals surface area contributed by atoms with Crippen molar-refractivity contribution in [3.05, 3.63) is 23.8 Å². The number of benzene rings is 1. The molecule has 0 bridgehead atoms. The number of anilines is 2. The van der Waals surface area contributed by atoms with Crippen molar-refractivity contribution in [2.24, 2.45) is 0 Å². The first kappa shape index (κ1) is 11.9. The molecule has 1 unspecified atom stereocenters. The second-order valence-corrected chi connectivity index (χ2v) is 4.37. The number of Topliss-reactive ketones (excluding diaryl/α,β-unsaturated/α-hetero) is 1. The highest BCUT2D eigenvalue weighted by molar-refractivity contribution is 5.99. The van der Waals surface area contributed by atoms with Gasteiger partial charge in [-0.1, -0.05) is 0 Å². The first-order valence-corrected chi connectivity index (χ1v) is 5.93. The van der Waals surface area contributed by atoms with Gasteiger partial charge in [-0.05, 0) is 38.0 Å². The molecule has 1 atom stereocenters. The maximum atomic E-state index is 11.3. The van der Waals surface area contributed by atoms with Gasteiger partial charge < -0.3 is 15.8 Å². The third-order valence-electron chi connectivity index (χ3n) is 2.99. The van der Waals surface area contributed by atoms with Crippen LogP contribution >= 0.6 is 0 Å². The van der Waals surface area contributed by atoms with Crippen molar-refractivity contribution in [2.75, 3.05) is 24.2 Å². The predicted octanol–water partition coefficient (Wildman–Crippen LogP) is 2.06. The van der Waals surface area contributed by atoms with E-state index < -0.39 is 0 Å². The van der Waals surface area contributed by atoms with Gasteiger partial charge in [-0.2, -0.15) is 0 Å². The first-order chi connectivity index (χ1) is 8.16. The third kappa shape index (κ3) is 2.97. The highest BCUT2D eigenvalue weighted by Crippen LogP contribution is 2.19. The molecule has 0 amide bonds. The number of carbonyl (C=O) groups is 1. The fourth-order valence-corrected chi connectivity index (χ4v) is 2.01. The molecule has 1 heterocycles. The van der Waals surface area contributed by atoms with E-state index in [9.17, 15) is 4.79 Å². The zero-order valence-corrected chi connectivity index (χ0v) is 10.0. The van der Waals surface area contributed by atoms with Crippen LogP contribution in [0.1, 0.15) is 30.1 Å². The molecule has 0 saturated carbocycles. The van der Waals surface area contributed by atoms with E-state index in [0.29, 0.717) is 11.3 Å². The minimum absolute atomic E-state index is 0.0109. The molecular formula is C13H18N2O2. The van der Waals surface area contributed by atoms with Crippen molar-refractivity contribution in [2.45, 2.75) is 25.9 Å². The van der Waals surface area contributed by atoms with Crippen LogP contribution in [0.3, 0.4) is 0 Å². The lowest BCUT2D eigenvalue weighted by molar-refractivity contribution is 0.101. The molecule has 0 radical (unpaired) electrons. The van der Waals surface area contributed by atoms with Crippen LogP contribution in [0.5, 0.6) is 0 Å². The number of ether oxygens (including phenoxy) is 1. The van der Waals surface area contributed by atoms with Crippen molar-refractivity contribution in [3.8, 4) is 0 Å². The molecule has 3 N–H and O–H groups in total. The maximum Gasteiger partial charge on any atom is 0.161 e. The Balaban J connectivity index is 2.00. The lowest BCUT2D eigenvalue weighted by atomic mass is 10.1. The van der Waals surface area contributed by atoms with Gasteiger partial charge in [-0.25, -0.2) is 0 Å². The Morgan fingerprint density at radius 3 is 3.06 bits per heavy atom. The quantitative estimate of drug-likeness (QED) is 0.618. The number of nitrogen functional groups attached to an aromatic ring is 1. The molecule has 92 valence electrons. The number of nitrogens with two attached hydrogens (primary N) is 1. The van der Waals surface area contributed by atoms with Crippen molar-refractivity contribution in [3.63, 3.8) is 0 Å². The number of ketones is 1. The van der Waals surface area contributed by atoms with Crippen LogP contribution in [0.15, 0.2) is 18.2 Å². The molecule has 1 aliphatic heterocycles. The standard InChI is InChI=1S/C13H18N2O2/c1-9(16)12-7-10(4-5-13(12)14)15-8-11-3-2-6-17-11/h4-5,7,11,15H,2-3,6,8,14H2,1H3. The second-order valence-electron chi connectivity index (χ2n) is 4.37. The van der Waals surface area contributed by atoms with E-state index in [0.717, 1.165) is 31.7 Å². The molecule has 4 heteroatoms. The smallest absolute Gasteiger partial charge is 0.161 e. The number of hydrogen-bond acceptors (Lipinski definition) is 4. The van der Waals surface area contributed by atoms with Crippen LogP contribution in [0.4, 0.5) is 11.4 Å². The molecule has 1 aliphatic rings. The summed E-state index contributed by atoms with van der Waals surface area (Å²) in [5.74, 6) is -0.0109. The van der Waals surface area contributed by atoms with E-state index in [1.807, 2.05) is 6.07 Å². The zero-order chi connectivity index (χ0) is 12.3. The minimum atomic E-state index is -0.0109. The molecular weight excluding hydrogens is 216 g/mol. The van der Waals surface area contributed by atoms with Crippen LogP contribution < -0.4 is 11.1 Å². The maximum absolute atomic E-state index is 11.3. The summed E-state index contributed by atoms with van der Waals surface area (Å²) in [6.07, 6.45) is 2.52. The Labute approximate surface area is 101 Å². The molecule has 2 rings (SSSR count). The van der Waals surface area contributed by atoms with Crippen molar-refractivity contribution in [1.29, 1.82) is 0 Å². The van der Waals surface area contributed by atoms with Gasteiger partial charge in [-0.3, -0.25) is 4.79 Å². The Bertz CT molecular complexity index is 412. The Kier molecular flexibility index (Phi) is 3.64. The Hall–Kier alpha value is -1.55. The number of hydrogen-bond donors (Lipinski definition) is 2. The van der Waals surface area contributed by atoms with E-state index in [4.69, 9.17) is 10.5 Å². The second kappa shape index (κ2) is 5.19. The molecule has 4 nitrogen and oxygen atoms in total. The summed E-state index contributed by atoms with van der Waals surface area (Å²) in [5, 5.41) is 3.28. The largest absolute Gasteiger partial charge is 0.398 e. The number of nitrogens with one attached hydrogen (secondary N) is 1. The van der Waals surface area contributed by atoms with E-state index >= 15 is 0 Å². The van der Waals surface area contributed by atoms with Gasteiger partial charge in [0, 0.05) is 30.1 Å². The molecule has 1 saturated heterocycles. The Morgan fingerprint density at radius 2 is 2.41 bits per heavy atom. The molecule has 17 heavy (non-hydrogen) atoms. The van der Waals surface area contributed by atoms with Crippen molar-refractivity contribution < 1.29 is 9.53 Å². The molecule has 0 aliphatic carbocycles. The summed E-state index contributed by atoms with van der Waals surface area (Å²) in [6, 6.07) is 5.44. The van der Waals surface area contributed by atoms with Gasteiger partial charge in [0.05, 0.1) is 6.10 Å². The van der Waals surface area contributed by atoms with Gasteiger partial charge in [0.2, 0.25) is 0 Å². The predicted molar refractivity (Wildman–Crippen MR) is 68.3 cm³/mol. The van der Waals surface area contributed by atoms with Crippen LogP contribution in [0.2, 0.25) is 0 Å². The third-order valence-corrected chi connectivity index (χ3v) is 2.99. The van der Waals surface area contributed by atoms with Crippen LogP contribution in [0.25, 0.3) is 0 Å². The molecule has 0 aromatic heterocycles. The van der Waals surface area contributed by atoms with Gasteiger partial charge in [0.25, 0.3) is 0 Å². The SMILES string of the molecule is CC(=O)c1cc(NCC2CCCO2)ccc1N. The minimum Gasteiger partial charge on any atom is -0.398 e. The number of rotatable bonds is 4. The summed E-state index contributed by atoms with van der Waals surface area (Å²) in [7, 11) is 0. The van der Waals surface area contributed by atoms with E-state index in [1.165, 1.54) is 6.92 Å².